The van der Waals surface area contributed by atoms with Gasteiger partial charge >= 0.3 is 0 Å². The minimum Gasteiger partial charge on any atom is -0.100 e. The highest BCUT2D eigenvalue weighted by molar-refractivity contribution is 5.50. The Labute approximate surface area is 112 Å². The molecule has 0 fully saturated rings. The number of hydrogen-bond donors (Lipinski definition) is 0. The maximum Gasteiger partial charge on any atom is -0.0257 e. The first-order valence-electron chi connectivity index (χ1n) is 6.73. The Balaban J connectivity index is 2.27. The lowest BCUT2D eigenvalue weighted by atomic mass is 10.0. The molecular formula is C18H24. The molecule has 0 saturated carbocycles. The molecule has 0 aliphatic heterocycles. The van der Waals surface area contributed by atoms with Gasteiger partial charge in [0.1, 0.15) is 0 Å². The summed E-state index contributed by atoms with van der Waals surface area (Å²) >= 11 is 0. The Hall–Kier alpha value is -1.56. The highest BCUT2D eigenvalue weighted by Gasteiger charge is 1.96. The zero-order valence-corrected chi connectivity index (χ0v) is 11.6. The summed E-state index contributed by atoms with van der Waals surface area (Å²) in [6, 6.07) is 10.4. The molecule has 0 N–H and O–H groups in total. The van der Waals surface area contributed by atoms with Crippen LogP contribution < -0.4 is 0 Å². The smallest absolute Gasteiger partial charge is 0.0257 e. The molecule has 0 nitrogen and oxygen atoms in total. The molecule has 96 valence electrons. The van der Waals surface area contributed by atoms with Crippen LogP contribution in [0, 0.1) is 5.92 Å². The number of rotatable bonds is 7. The van der Waals surface area contributed by atoms with Crippen molar-refractivity contribution in [1.29, 1.82) is 0 Å². The molecule has 0 heteroatoms. The van der Waals surface area contributed by atoms with E-state index in [1.165, 1.54) is 24.0 Å². The van der Waals surface area contributed by atoms with Crippen molar-refractivity contribution in [3.8, 4) is 0 Å². The molecule has 0 heterocycles. The van der Waals surface area contributed by atoms with Crippen LogP contribution in [-0.2, 0) is 0 Å². The van der Waals surface area contributed by atoms with E-state index in [2.05, 4.69) is 69.0 Å². The van der Waals surface area contributed by atoms with Gasteiger partial charge in [0.05, 0.1) is 0 Å². The van der Waals surface area contributed by atoms with Crippen molar-refractivity contribution in [1.82, 2.24) is 0 Å². The fourth-order valence-corrected chi connectivity index (χ4v) is 1.81. The van der Waals surface area contributed by atoms with Crippen molar-refractivity contribution in [3.63, 3.8) is 0 Å². The maximum absolute atomic E-state index is 3.93. The van der Waals surface area contributed by atoms with E-state index in [0.29, 0.717) is 5.92 Å². The first-order chi connectivity index (χ1) is 8.68. The summed E-state index contributed by atoms with van der Waals surface area (Å²) in [5, 5.41) is 0. The summed E-state index contributed by atoms with van der Waals surface area (Å²) in [5.41, 5.74) is 2.53. The van der Waals surface area contributed by atoms with E-state index in [4.69, 9.17) is 0 Å². The maximum atomic E-state index is 3.93. The van der Waals surface area contributed by atoms with Crippen LogP contribution in [0.15, 0.2) is 60.7 Å². The van der Waals surface area contributed by atoms with Crippen LogP contribution in [0.2, 0.25) is 0 Å². The fraction of sp³-hybridized carbons (Fsp3) is 0.333. The summed E-state index contributed by atoms with van der Waals surface area (Å²) in [6.45, 7) is 8.30. The Morgan fingerprint density at radius 1 is 1.22 bits per heavy atom. The zero-order valence-electron chi connectivity index (χ0n) is 11.6. The van der Waals surface area contributed by atoms with Gasteiger partial charge in [0.25, 0.3) is 0 Å². The molecule has 0 bridgehead atoms. The van der Waals surface area contributed by atoms with E-state index in [-0.39, 0.29) is 0 Å². The molecule has 1 aromatic carbocycles. The molecule has 0 spiro atoms. The molecule has 0 aromatic heterocycles. The van der Waals surface area contributed by atoms with Crippen molar-refractivity contribution in [2.45, 2.75) is 33.1 Å². The Morgan fingerprint density at radius 3 is 2.61 bits per heavy atom. The third kappa shape index (κ3) is 6.90. The van der Waals surface area contributed by atoms with E-state index < -0.39 is 0 Å². The Kier molecular flexibility index (Phi) is 6.86. The summed E-state index contributed by atoms with van der Waals surface area (Å²) in [4.78, 5) is 0. The minimum absolute atomic E-state index is 0.643. The molecule has 0 amide bonds. The average Bonchev–Trinajstić information content (AvgIpc) is 2.35. The van der Waals surface area contributed by atoms with Gasteiger partial charge in [-0.2, -0.15) is 0 Å². The van der Waals surface area contributed by atoms with Crippen molar-refractivity contribution in [2.75, 3.05) is 0 Å². The lowest BCUT2D eigenvalue weighted by Gasteiger charge is -2.04. The van der Waals surface area contributed by atoms with Gasteiger partial charge in [-0.3, -0.25) is 0 Å². The molecule has 1 aromatic rings. The topological polar surface area (TPSA) is 0 Å². The Morgan fingerprint density at radius 2 is 1.94 bits per heavy atom. The van der Waals surface area contributed by atoms with Gasteiger partial charge in [-0.25, -0.2) is 0 Å². The van der Waals surface area contributed by atoms with Gasteiger partial charge in [-0.15, -0.1) is 6.58 Å². The second-order valence-corrected chi connectivity index (χ2v) is 4.98. The number of allylic oxidation sites excluding steroid dienone is 4. The van der Waals surface area contributed by atoms with Crippen molar-refractivity contribution in [3.05, 3.63) is 66.3 Å². The van der Waals surface area contributed by atoms with E-state index >= 15 is 0 Å². The molecule has 1 rings (SSSR count). The minimum atomic E-state index is 0.643. The SMILES string of the molecule is C=C(C)CCC[C@H](C)C=CC=Cc1ccccc1. The third-order valence-electron chi connectivity index (χ3n) is 2.90. The van der Waals surface area contributed by atoms with Gasteiger partial charge in [0.15, 0.2) is 0 Å². The fourth-order valence-electron chi connectivity index (χ4n) is 1.81. The van der Waals surface area contributed by atoms with Crippen molar-refractivity contribution >= 4 is 6.08 Å². The van der Waals surface area contributed by atoms with Crippen LogP contribution in [0.1, 0.15) is 38.7 Å². The van der Waals surface area contributed by atoms with Crippen LogP contribution in [0.4, 0.5) is 0 Å². The van der Waals surface area contributed by atoms with Gasteiger partial charge in [0.2, 0.25) is 0 Å². The standard InChI is InChI=1S/C18H24/c1-16(2)10-9-12-17(3)11-7-8-15-18-13-5-4-6-14-18/h4-8,11,13-15,17H,1,9-10,12H2,2-3H3/t17-/m1/s1. The summed E-state index contributed by atoms with van der Waals surface area (Å²) in [5.74, 6) is 0.643. The number of benzene rings is 1. The summed E-state index contributed by atoms with van der Waals surface area (Å²) in [6.07, 6.45) is 12.3. The van der Waals surface area contributed by atoms with Crippen LogP contribution in [0.3, 0.4) is 0 Å². The van der Waals surface area contributed by atoms with E-state index in [1.807, 2.05) is 6.07 Å². The highest BCUT2D eigenvalue weighted by atomic mass is 14.0. The van der Waals surface area contributed by atoms with Gasteiger partial charge < -0.3 is 0 Å². The van der Waals surface area contributed by atoms with Gasteiger partial charge in [-0.05, 0) is 37.7 Å². The largest absolute Gasteiger partial charge is 0.100 e. The molecule has 18 heavy (non-hydrogen) atoms. The molecular weight excluding hydrogens is 216 g/mol. The van der Waals surface area contributed by atoms with Crippen LogP contribution in [-0.4, -0.2) is 0 Å². The average molecular weight is 240 g/mol. The predicted octanol–water partition coefficient (Wildman–Crippen LogP) is 5.64. The molecule has 1 atom stereocenters. The third-order valence-corrected chi connectivity index (χ3v) is 2.90. The molecule has 0 unspecified atom stereocenters. The highest BCUT2D eigenvalue weighted by Crippen LogP contribution is 2.12. The lowest BCUT2D eigenvalue weighted by molar-refractivity contribution is 0.605. The molecule has 0 aliphatic rings. The molecule has 0 radical (unpaired) electrons. The quantitative estimate of drug-likeness (QED) is 0.427. The second-order valence-electron chi connectivity index (χ2n) is 4.98. The molecule has 0 saturated heterocycles. The van der Waals surface area contributed by atoms with Crippen LogP contribution >= 0.6 is 0 Å². The second kappa shape index (κ2) is 8.52. The number of hydrogen-bond acceptors (Lipinski definition) is 0. The Bertz CT molecular complexity index is 395. The lowest BCUT2D eigenvalue weighted by Crippen LogP contribution is -1.89. The van der Waals surface area contributed by atoms with Gasteiger partial charge in [0, 0.05) is 0 Å². The first kappa shape index (κ1) is 14.5. The first-order valence-corrected chi connectivity index (χ1v) is 6.73. The van der Waals surface area contributed by atoms with Gasteiger partial charge in [-0.1, -0.05) is 67.1 Å². The van der Waals surface area contributed by atoms with Crippen LogP contribution in [0.5, 0.6) is 0 Å². The summed E-state index contributed by atoms with van der Waals surface area (Å²) < 4.78 is 0. The van der Waals surface area contributed by atoms with E-state index in [1.54, 1.807) is 0 Å². The van der Waals surface area contributed by atoms with Crippen molar-refractivity contribution in [2.24, 2.45) is 5.92 Å². The predicted molar refractivity (Wildman–Crippen MR) is 82.4 cm³/mol. The van der Waals surface area contributed by atoms with E-state index in [9.17, 15) is 0 Å². The molecule has 0 aliphatic carbocycles. The zero-order chi connectivity index (χ0) is 13.2. The van der Waals surface area contributed by atoms with Crippen molar-refractivity contribution < 1.29 is 0 Å². The normalized spacial score (nSPS) is 13.2. The monoisotopic (exact) mass is 240 g/mol. The van der Waals surface area contributed by atoms with Crippen LogP contribution in [0.25, 0.3) is 6.08 Å². The summed E-state index contributed by atoms with van der Waals surface area (Å²) in [7, 11) is 0. The van der Waals surface area contributed by atoms with E-state index in [0.717, 1.165) is 6.42 Å².